The van der Waals surface area contributed by atoms with Gasteiger partial charge >= 0.3 is 0 Å². The molecule has 1 N–H and O–H groups in total. The number of Topliss-reactive ketones (excluding diaryl/α,β-unsaturated/α-hetero) is 1. The summed E-state index contributed by atoms with van der Waals surface area (Å²) < 4.78 is 1.44. The quantitative estimate of drug-likeness (QED) is 0.805. The van der Waals surface area contributed by atoms with Crippen LogP contribution in [-0.2, 0) is 6.42 Å². The molecule has 1 fully saturated rings. The van der Waals surface area contributed by atoms with Gasteiger partial charge in [0.2, 0.25) is 0 Å². The van der Waals surface area contributed by atoms with E-state index in [-0.39, 0.29) is 28.2 Å². The zero-order valence-corrected chi connectivity index (χ0v) is 18.4. The first-order valence-corrected chi connectivity index (χ1v) is 11.2. The monoisotopic (exact) mass is 421 g/mol. The van der Waals surface area contributed by atoms with E-state index in [1.54, 1.807) is 6.20 Å². The van der Waals surface area contributed by atoms with E-state index in [1.807, 2.05) is 44.2 Å². The predicted molar refractivity (Wildman–Crippen MR) is 121 cm³/mol. The normalized spacial score (nSPS) is 18.5. The molecule has 2 aliphatic rings. The van der Waals surface area contributed by atoms with Gasteiger partial charge in [-0.25, -0.2) is 0 Å². The van der Waals surface area contributed by atoms with Gasteiger partial charge in [0.05, 0.1) is 0 Å². The van der Waals surface area contributed by atoms with Crippen LogP contribution in [0.3, 0.4) is 0 Å². The van der Waals surface area contributed by atoms with Crippen molar-refractivity contribution in [2.75, 3.05) is 26.2 Å². The fourth-order valence-corrected chi connectivity index (χ4v) is 4.76. The van der Waals surface area contributed by atoms with E-state index in [4.69, 9.17) is 0 Å². The van der Waals surface area contributed by atoms with Gasteiger partial charge in [0.1, 0.15) is 5.56 Å². The number of ketones is 1. The maximum absolute atomic E-state index is 13.4. The molecule has 0 radical (unpaired) electrons. The second-order valence-corrected chi connectivity index (χ2v) is 9.51. The fourth-order valence-electron chi connectivity index (χ4n) is 4.76. The Morgan fingerprint density at radius 2 is 1.74 bits per heavy atom. The Bertz CT molecular complexity index is 1030. The third-order valence-electron chi connectivity index (χ3n) is 6.34. The lowest BCUT2D eigenvalue weighted by atomic mass is 9.73. The second kappa shape index (κ2) is 8.79. The number of hydrogen-bond donors (Lipinski definition) is 1. The Hall–Kier alpha value is -2.73. The van der Waals surface area contributed by atoms with Crippen molar-refractivity contribution in [2.24, 2.45) is 5.41 Å². The standard InChI is InChI=1S/C25H31N3O3/c1-25(2)15-19-20(21(29)16-25)17-28(18-9-5-3-6-10-18)24(31)22(19)23(30)26-11-14-27-12-7-4-8-13-27/h3,5-6,9-10,17H,4,7-8,11-16H2,1-2H3,(H,26,30). The van der Waals surface area contributed by atoms with Crippen molar-refractivity contribution in [1.29, 1.82) is 0 Å². The van der Waals surface area contributed by atoms with Crippen molar-refractivity contribution in [3.8, 4) is 5.69 Å². The number of carbonyl (C=O) groups is 2. The number of amides is 1. The van der Waals surface area contributed by atoms with Gasteiger partial charge in [-0.05, 0) is 55.5 Å². The minimum absolute atomic E-state index is 0.0155. The SMILES string of the molecule is CC1(C)CC(=O)c2cn(-c3ccccc3)c(=O)c(C(=O)NCCN3CCCCC3)c2C1. The lowest BCUT2D eigenvalue weighted by Gasteiger charge is -2.31. The van der Waals surface area contributed by atoms with Crippen LogP contribution in [0.25, 0.3) is 5.69 Å². The number of para-hydroxylation sites is 1. The number of piperidine rings is 1. The van der Waals surface area contributed by atoms with E-state index in [0.29, 0.717) is 36.2 Å². The molecule has 1 aliphatic carbocycles. The predicted octanol–water partition coefficient (Wildman–Crippen LogP) is 3.21. The van der Waals surface area contributed by atoms with Crippen LogP contribution in [0.4, 0.5) is 0 Å². The van der Waals surface area contributed by atoms with Gasteiger partial charge in [0.25, 0.3) is 11.5 Å². The summed E-state index contributed by atoms with van der Waals surface area (Å²) in [5, 5.41) is 2.95. The fraction of sp³-hybridized carbons (Fsp3) is 0.480. The number of carbonyl (C=O) groups excluding carboxylic acids is 2. The van der Waals surface area contributed by atoms with Crippen molar-refractivity contribution in [3.05, 3.63) is 63.6 Å². The number of nitrogens with zero attached hydrogens (tertiary/aromatic N) is 2. The molecule has 4 rings (SSSR count). The highest BCUT2D eigenvalue weighted by Gasteiger charge is 2.35. The van der Waals surface area contributed by atoms with Crippen LogP contribution in [0.1, 0.15) is 65.8 Å². The summed E-state index contributed by atoms with van der Waals surface area (Å²) >= 11 is 0. The number of pyridine rings is 1. The molecule has 1 aromatic carbocycles. The number of hydrogen-bond acceptors (Lipinski definition) is 4. The Morgan fingerprint density at radius 1 is 1.03 bits per heavy atom. The van der Waals surface area contributed by atoms with Crippen LogP contribution in [-0.4, -0.2) is 47.3 Å². The summed E-state index contributed by atoms with van der Waals surface area (Å²) in [5.74, 6) is -0.396. The smallest absolute Gasteiger partial charge is 0.268 e. The molecule has 2 heterocycles. The third kappa shape index (κ3) is 4.64. The third-order valence-corrected chi connectivity index (χ3v) is 6.34. The summed E-state index contributed by atoms with van der Waals surface area (Å²) in [6.45, 7) is 7.39. The zero-order chi connectivity index (χ0) is 22.0. The molecule has 1 amide bonds. The maximum Gasteiger partial charge on any atom is 0.268 e. The zero-order valence-electron chi connectivity index (χ0n) is 18.4. The van der Waals surface area contributed by atoms with Crippen LogP contribution in [0.2, 0.25) is 0 Å². The average Bonchev–Trinajstić information content (AvgIpc) is 2.74. The largest absolute Gasteiger partial charge is 0.351 e. The first-order valence-electron chi connectivity index (χ1n) is 11.2. The molecule has 31 heavy (non-hydrogen) atoms. The summed E-state index contributed by atoms with van der Waals surface area (Å²) in [6, 6.07) is 9.16. The Morgan fingerprint density at radius 3 is 2.45 bits per heavy atom. The van der Waals surface area contributed by atoms with Gasteiger partial charge in [-0.3, -0.25) is 19.0 Å². The Balaban J connectivity index is 1.69. The molecule has 2 aromatic rings. The Labute approximate surface area is 183 Å². The van der Waals surface area contributed by atoms with Gasteiger partial charge in [-0.15, -0.1) is 0 Å². The van der Waals surface area contributed by atoms with Gasteiger partial charge in [-0.1, -0.05) is 38.5 Å². The first kappa shape index (κ1) is 21.5. The molecular weight excluding hydrogens is 390 g/mol. The summed E-state index contributed by atoms with van der Waals surface area (Å²) in [4.78, 5) is 42.0. The van der Waals surface area contributed by atoms with E-state index in [9.17, 15) is 14.4 Å². The second-order valence-electron chi connectivity index (χ2n) is 9.51. The number of aromatic nitrogens is 1. The number of nitrogens with one attached hydrogen (secondary N) is 1. The number of likely N-dealkylation sites (tertiary alicyclic amines) is 1. The molecule has 1 aliphatic heterocycles. The average molecular weight is 422 g/mol. The van der Waals surface area contributed by atoms with E-state index < -0.39 is 0 Å². The molecule has 164 valence electrons. The van der Waals surface area contributed by atoms with Crippen molar-refractivity contribution in [3.63, 3.8) is 0 Å². The molecule has 0 atom stereocenters. The van der Waals surface area contributed by atoms with Gasteiger partial charge in [0.15, 0.2) is 5.78 Å². The maximum atomic E-state index is 13.4. The highest BCUT2D eigenvalue weighted by molar-refractivity contribution is 6.04. The highest BCUT2D eigenvalue weighted by Crippen LogP contribution is 2.35. The Kier molecular flexibility index (Phi) is 6.10. The first-order chi connectivity index (χ1) is 14.9. The van der Waals surface area contributed by atoms with Gasteiger partial charge in [0, 0.05) is 37.0 Å². The molecule has 0 spiro atoms. The van der Waals surface area contributed by atoms with Crippen LogP contribution >= 0.6 is 0 Å². The van der Waals surface area contributed by atoms with Crippen molar-refractivity contribution in [1.82, 2.24) is 14.8 Å². The minimum Gasteiger partial charge on any atom is -0.351 e. The van der Waals surface area contributed by atoms with Crippen molar-refractivity contribution >= 4 is 11.7 Å². The summed E-state index contributed by atoms with van der Waals surface area (Å²) in [7, 11) is 0. The molecule has 1 saturated heterocycles. The topological polar surface area (TPSA) is 71.4 Å². The van der Waals surface area contributed by atoms with Crippen LogP contribution in [0, 0.1) is 5.41 Å². The van der Waals surface area contributed by atoms with Crippen LogP contribution in [0.15, 0.2) is 41.3 Å². The van der Waals surface area contributed by atoms with E-state index in [2.05, 4.69) is 10.2 Å². The number of fused-ring (bicyclic) bond motifs is 1. The summed E-state index contributed by atoms with van der Waals surface area (Å²) in [5.41, 5.74) is 1.19. The lowest BCUT2D eigenvalue weighted by molar-refractivity contribution is 0.0908. The molecule has 6 nitrogen and oxygen atoms in total. The minimum atomic E-state index is -0.381. The van der Waals surface area contributed by atoms with Gasteiger partial charge in [-0.2, -0.15) is 0 Å². The summed E-state index contributed by atoms with van der Waals surface area (Å²) in [6.07, 6.45) is 6.21. The van der Waals surface area contributed by atoms with Crippen LogP contribution < -0.4 is 10.9 Å². The molecule has 0 unspecified atom stereocenters. The molecular formula is C25H31N3O3. The number of rotatable bonds is 5. The van der Waals surface area contributed by atoms with Gasteiger partial charge < -0.3 is 10.2 Å². The van der Waals surface area contributed by atoms with E-state index in [0.717, 1.165) is 19.6 Å². The van der Waals surface area contributed by atoms with Crippen LogP contribution in [0.5, 0.6) is 0 Å². The molecule has 6 heteroatoms. The van der Waals surface area contributed by atoms with Crippen molar-refractivity contribution in [2.45, 2.75) is 46.0 Å². The highest BCUT2D eigenvalue weighted by atomic mass is 16.2. The van der Waals surface area contributed by atoms with Crippen molar-refractivity contribution < 1.29 is 9.59 Å². The number of benzene rings is 1. The lowest BCUT2D eigenvalue weighted by Crippen LogP contribution is -2.41. The molecule has 1 aromatic heterocycles. The molecule has 0 saturated carbocycles. The molecule has 0 bridgehead atoms. The van der Waals surface area contributed by atoms with E-state index >= 15 is 0 Å². The van der Waals surface area contributed by atoms with E-state index in [1.165, 1.54) is 23.8 Å².